The van der Waals surface area contributed by atoms with Gasteiger partial charge in [-0.3, -0.25) is 0 Å². The van der Waals surface area contributed by atoms with Crippen molar-refractivity contribution < 1.29 is 9.16 Å². The van der Waals surface area contributed by atoms with Gasteiger partial charge in [0.25, 0.3) is 0 Å². The molecule has 1 aromatic rings. The van der Waals surface area contributed by atoms with Crippen molar-refractivity contribution in [2.75, 3.05) is 12.3 Å². The lowest BCUT2D eigenvalue weighted by Crippen LogP contribution is -2.14. The van der Waals surface area contributed by atoms with Crippen LogP contribution in [0.4, 0.5) is 5.69 Å². The van der Waals surface area contributed by atoms with Crippen molar-refractivity contribution in [3.8, 4) is 5.75 Å². The van der Waals surface area contributed by atoms with Crippen LogP contribution in [0.1, 0.15) is 26.2 Å². The van der Waals surface area contributed by atoms with Crippen molar-refractivity contribution in [2.24, 2.45) is 0 Å². The maximum absolute atomic E-state index is 5.73. The number of benzene rings is 1. The highest BCUT2D eigenvalue weighted by Crippen LogP contribution is 2.14. The van der Waals surface area contributed by atoms with Gasteiger partial charge < -0.3 is 14.9 Å². The predicted molar refractivity (Wildman–Crippen MR) is 75.2 cm³/mol. The van der Waals surface area contributed by atoms with E-state index in [1.54, 1.807) is 0 Å². The van der Waals surface area contributed by atoms with Gasteiger partial charge >= 0.3 is 0 Å². The highest BCUT2D eigenvalue weighted by Gasteiger charge is 2.04. The average molecular weight is 253 g/mol. The maximum Gasteiger partial charge on any atom is 0.158 e. The Balaban J connectivity index is 2.17. The van der Waals surface area contributed by atoms with Gasteiger partial charge in [0.1, 0.15) is 5.75 Å². The van der Waals surface area contributed by atoms with Gasteiger partial charge in [-0.15, -0.1) is 0 Å². The number of ether oxygens (including phenoxy) is 1. The first kappa shape index (κ1) is 14.1. The molecule has 17 heavy (non-hydrogen) atoms. The molecule has 0 aliphatic rings. The molecule has 1 unspecified atom stereocenters. The zero-order valence-corrected chi connectivity index (χ0v) is 12.2. The van der Waals surface area contributed by atoms with Gasteiger partial charge in [0.05, 0.1) is 6.61 Å². The molecule has 0 aliphatic heterocycles. The quantitative estimate of drug-likeness (QED) is 0.439. The van der Waals surface area contributed by atoms with Crippen LogP contribution in [0.5, 0.6) is 5.75 Å². The van der Waals surface area contributed by atoms with Crippen LogP contribution in [-0.2, 0) is 4.43 Å². The summed E-state index contributed by atoms with van der Waals surface area (Å²) in [5.41, 5.74) is 6.37. The molecule has 0 bridgehead atoms. The number of anilines is 1. The van der Waals surface area contributed by atoms with E-state index in [0.717, 1.165) is 37.3 Å². The smallest absolute Gasteiger partial charge is 0.158 e. The average Bonchev–Trinajstić information content (AvgIpc) is 2.35. The Bertz CT molecular complexity index is 303. The van der Waals surface area contributed by atoms with Crippen LogP contribution in [0.3, 0.4) is 0 Å². The van der Waals surface area contributed by atoms with Crippen LogP contribution in [0.2, 0.25) is 6.55 Å². The minimum absolute atomic E-state index is 0.289. The van der Waals surface area contributed by atoms with Gasteiger partial charge in [0.2, 0.25) is 0 Å². The topological polar surface area (TPSA) is 44.5 Å². The molecule has 4 heteroatoms. The molecule has 1 rings (SSSR count). The molecule has 2 N–H and O–H groups in total. The SMILES string of the molecule is CCC(CCCOc1ccc(N)cc1)O[SiH2]C. The normalized spacial score (nSPS) is 13.1. The summed E-state index contributed by atoms with van der Waals surface area (Å²) in [6, 6.07) is 7.52. The fourth-order valence-corrected chi connectivity index (χ4v) is 2.58. The molecular weight excluding hydrogens is 230 g/mol. The lowest BCUT2D eigenvalue weighted by atomic mass is 10.1. The molecule has 1 aromatic carbocycles. The van der Waals surface area contributed by atoms with E-state index in [1.165, 1.54) is 0 Å². The molecule has 1 atom stereocenters. The summed E-state index contributed by atoms with van der Waals surface area (Å²) in [5, 5.41) is 0. The van der Waals surface area contributed by atoms with E-state index in [2.05, 4.69) is 13.5 Å². The lowest BCUT2D eigenvalue weighted by Gasteiger charge is -2.15. The number of nitrogen functional groups attached to an aromatic ring is 1. The molecule has 0 saturated heterocycles. The zero-order valence-electron chi connectivity index (χ0n) is 10.8. The molecule has 0 aliphatic carbocycles. The van der Waals surface area contributed by atoms with E-state index in [1.807, 2.05) is 24.3 Å². The third-order valence-corrected chi connectivity index (χ3v) is 3.48. The number of hydrogen-bond donors (Lipinski definition) is 1. The Morgan fingerprint density at radius 1 is 1.29 bits per heavy atom. The summed E-state index contributed by atoms with van der Waals surface area (Å²) in [5.74, 6) is 0.887. The van der Waals surface area contributed by atoms with E-state index in [4.69, 9.17) is 14.9 Å². The van der Waals surface area contributed by atoms with Crippen LogP contribution >= 0.6 is 0 Å². The summed E-state index contributed by atoms with van der Waals surface area (Å²) in [7, 11) is -0.289. The zero-order chi connectivity index (χ0) is 12.5. The molecule has 3 nitrogen and oxygen atoms in total. The minimum Gasteiger partial charge on any atom is -0.494 e. The van der Waals surface area contributed by atoms with Crippen molar-refractivity contribution >= 4 is 15.5 Å². The number of nitrogens with two attached hydrogens (primary N) is 1. The molecular formula is C13H23NO2Si. The summed E-state index contributed by atoms with van der Waals surface area (Å²) in [6.07, 6.45) is 3.66. The Kier molecular flexibility index (Phi) is 6.73. The second-order valence-corrected chi connectivity index (χ2v) is 4.96. The fourth-order valence-electron chi connectivity index (χ4n) is 1.71. The monoisotopic (exact) mass is 253 g/mol. The van der Waals surface area contributed by atoms with E-state index in [9.17, 15) is 0 Å². The minimum atomic E-state index is -0.289. The van der Waals surface area contributed by atoms with E-state index < -0.39 is 0 Å². The van der Waals surface area contributed by atoms with Crippen molar-refractivity contribution in [3.63, 3.8) is 0 Å². The highest BCUT2D eigenvalue weighted by atomic mass is 28.2. The second kappa shape index (κ2) is 8.14. The highest BCUT2D eigenvalue weighted by molar-refractivity contribution is 6.24. The van der Waals surface area contributed by atoms with Gasteiger partial charge in [-0.25, -0.2) is 0 Å². The summed E-state index contributed by atoms with van der Waals surface area (Å²) in [6.45, 7) is 5.10. The molecule has 96 valence electrons. The van der Waals surface area contributed by atoms with Gasteiger partial charge in [0, 0.05) is 11.8 Å². The van der Waals surface area contributed by atoms with Crippen LogP contribution in [0.15, 0.2) is 24.3 Å². The fraction of sp³-hybridized carbons (Fsp3) is 0.538. The first-order valence-electron chi connectivity index (χ1n) is 6.36. The van der Waals surface area contributed by atoms with Gasteiger partial charge in [-0.2, -0.15) is 0 Å². The Hall–Kier alpha value is -1.00. The van der Waals surface area contributed by atoms with E-state index in [0.29, 0.717) is 6.10 Å². The molecule has 0 saturated carbocycles. The van der Waals surface area contributed by atoms with Gasteiger partial charge in [-0.1, -0.05) is 13.5 Å². The molecule has 0 aromatic heterocycles. The molecule has 0 heterocycles. The van der Waals surface area contributed by atoms with Crippen molar-refractivity contribution in [3.05, 3.63) is 24.3 Å². The third-order valence-electron chi connectivity index (χ3n) is 2.68. The largest absolute Gasteiger partial charge is 0.494 e. The maximum atomic E-state index is 5.73. The van der Waals surface area contributed by atoms with Crippen LogP contribution in [0.25, 0.3) is 0 Å². The van der Waals surface area contributed by atoms with Crippen LogP contribution in [-0.4, -0.2) is 22.5 Å². The van der Waals surface area contributed by atoms with E-state index in [-0.39, 0.29) is 9.76 Å². The summed E-state index contributed by atoms with van der Waals surface area (Å²) in [4.78, 5) is 0. The Morgan fingerprint density at radius 2 is 2.00 bits per heavy atom. The first-order valence-corrected chi connectivity index (χ1v) is 8.35. The molecule has 0 spiro atoms. The standard InChI is InChI=1S/C13H23NO2Si/c1-3-12(16-17-2)5-4-10-15-13-8-6-11(14)7-9-13/h6-9,12H,3-5,10,14,17H2,1-2H3. The van der Waals surface area contributed by atoms with Gasteiger partial charge in [-0.05, 0) is 43.5 Å². The molecule has 0 fully saturated rings. The number of rotatable bonds is 8. The first-order chi connectivity index (χ1) is 8.26. The van der Waals surface area contributed by atoms with Crippen molar-refractivity contribution in [1.29, 1.82) is 0 Å². The summed E-state index contributed by atoms with van der Waals surface area (Å²) >= 11 is 0. The van der Waals surface area contributed by atoms with E-state index >= 15 is 0 Å². The molecule has 0 radical (unpaired) electrons. The summed E-state index contributed by atoms with van der Waals surface area (Å²) < 4.78 is 11.4. The van der Waals surface area contributed by atoms with Crippen LogP contribution in [0, 0.1) is 0 Å². The predicted octanol–water partition coefficient (Wildman–Crippen LogP) is 2.35. The molecule has 0 amide bonds. The van der Waals surface area contributed by atoms with Crippen molar-refractivity contribution in [2.45, 2.75) is 38.8 Å². The van der Waals surface area contributed by atoms with Crippen LogP contribution < -0.4 is 10.5 Å². The number of hydrogen-bond acceptors (Lipinski definition) is 3. The third kappa shape index (κ3) is 5.75. The Morgan fingerprint density at radius 3 is 2.59 bits per heavy atom. The lowest BCUT2D eigenvalue weighted by molar-refractivity contribution is 0.181. The van der Waals surface area contributed by atoms with Crippen molar-refractivity contribution in [1.82, 2.24) is 0 Å². The Labute approximate surface area is 106 Å². The van der Waals surface area contributed by atoms with Gasteiger partial charge in [0.15, 0.2) is 9.76 Å². The second-order valence-electron chi connectivity index (χ2n) is 4.05.